The zero-order valence-electron chi connectivity index (χ0n) is 12.1. The number of benzene rings is 1. The van der Waals surface area contributed by atoms with Gasteiger partial charge in [0.05, 0.1) is 20.4 Å². The van der Waals surface area contributed by atoms with Crippen molar-refractivity contribution in [3.8, 4) is 0 Å². The summed E-state index contributed by atoms with van der Waals surface area (Å²) < 4.78 is 5.79. The van der Waals surface area contributed by atoms with Crippen molar-refractivity contribution in [2.45, 2.75) is 0 Å². The van der Waals surface area contributed by atoms with Gasteiger partial charge in [-0.2, -0.15) is 0 Å². The molecule has 1 N–H and O–H groups in total. The summed E-state index contributed by atoms with van der Waals surface area (Å²) in [5, 5.41) is 10.6. The van der Waals surface area contributed by atoms with Gasteiger partial charge in [0.25, 0.3) is 11.2 Å². The van der Waals surface area contributed by atoms with Crippen molar-refractivity contribution in [3.05, 3.63) is 83.6 Å². The molecule has 24 heavy (non-hydrogen) atoms. The van der Waals surface area contributed by atoms with E-state index in [1.165, 1.54) is 30.5 Å². The van der Waals surface area contributed by atoms with E-state index in [0.29, 0.717) is 14.8 Å². The van der Waals surface area contributed by atoms with Crippen LogP contribution in [-0.4, -0.2) is 15.7 Å². The summed E-state index contributed by atoms with van der Waals surface area (Å²) in [6.45, 7) is 0. The average Bonchev–Trinajstić information content (AvgIpc) is 3.19. The van der Waals surface area contributed by atoms with Gasteiger partial charge in [-0.3, -0.25) is 19.7 Å². The molecule has 3 aromatic rings. The summed E-state index contributed by atoms with van der Waals surface area (Å²) in [6, 6.07) is 8.96. The Morgan fingerprint density at radius 2 is 2.00 bits per heavy atom. The third kappa shape index (κ3) is 3.39. The quantitative estimate of drug-likeness (QED) is 0.438. The second-order valence-electron chi connectivity index (χ2n) is 4.76. The predicted molar refractivity (Wildman–Crippen MR) is 88.4 cm³/mol. The number of hydrogen-bond donors (Lipinski definition) is 1. The molecule has 0 aliphatic rings. The van der Waals surface area contributed by atoms with Gasteiger partial charge in [-0.25, -0.2) is 0 Å². The Bertz CT molecular complexity index is 1060. The molecule has 0 fully saturated rings. The van der Waals surface area contributed by atoms with Gasteiger partial charge in [-0.1, -0.05) is 0 Å². The van der Waals surface area contributed by atoms with E-state index in [4.69, 9.17) is 4.42 Å². The van der Waals surface area contributed by atoms with E-state index in [-0.39, 0.29) is 22.8 Å². The SMILES string of the molecule is O=C(C=c1[nH]c(=O)c(=Cc2ccc([N+](=O)[O-])cc2)s1)c1ccco1. The fourth-order valence-electron chi connectivity index (χ4n) is 1.98. The molecule has 7 nitrogen and oxygen atoms in total. The second kappa shape index (κ2) is 6.47. The standard InChI is InChI=1S/C16H10N2O5S/c19-12(13-2-1-7-23-13)9-15-17-16(20)14(24-15)8-10-3-5-11(6-4-10)18(21)22/h1-9H,(H,17,20). The maximum atomic E-state index is 11.9. The number of Topliss-reactive ketones (excluding diaryl/α,β-unsaturated/α-hetero) is 1. The van der Waals surface area contributed by atoms with Crippen molar-refractivity contribution in [3.63, 3.8) is 0 Å². The van der Waals surface area contributed by atoms with Gasteiger partial charge in [0.1, 0.15) is 0 Å². The first-order valence-corrected chi connectivity index (χ1v) is 7.59. The number of nitro groups is 1. The van der Waals surface area contributed by atoms with E-state index < -0.39 is 4.92 Å². The van der Waals surface area contributed by atoms with E-state index in [1.807, 2.05) is 0 Å². The average molecular weight is 342 g/mol. The highest BCUT2D eigenvalue weighted by molar-refractivity contribution is 7.07. The maximum absolute atomic E-state index is 11.9. The van der Waals surface area contributed by atoms with E-state index in [0.717, 1.165) is 11.3 Å². The third-order valence-electron chi connectivity index (χ3n) is 3.11. The monoisotopic (exact) mass is 342 g/mol. The minimum absolute atomic E-state index is 0.0229. The lowest BCUT2D eigenvalue weighted by molar-refractivity contribution is -0.384. The summed E-state index contributed by atoms with van der Waals surface area (Å²) in [4.78, 5) is 36.6. The number of ketones is 1. The molecule has 120 valence electrons. The van der Waals surface area contributed by atoms with E-state index in [1.54, 1.807) is 24.3 Å². The number of furan rings is 1. The van der Waals surface area contributed by atoms with Gasteiger partial charge in [-0.05, 0) is 35.9 Å². The minimum Gasteiger partial charge on any atom is -0.461 e. The number of thiazole rings is 1. The van der Waals surface area contributed by atoms with Crippen LogP contribution in [0.2, 0.25) is 0 Å². The number of hydrogen-bond acceptors (Lipinski definition) is 6. The van der Waals surface area contributed by atoms with Gasteiger partial charge in [0, 0.05) is 18.2 Å². The smallest absolute Gasteiger partial charge is 0.269 e. The van der Waals surface area contributed by atoms with Crippen LogP contribution >= 0.6 is 11.3 Å². The Labute approximate surface area is 138 Å². The Hall–Kier alpha value is -3.26. The van der Waals surface area contributed by atoms with Crippen LogP contribution in [0.15, 0.2) is 51.9 Å². The van der Waals surface area contributed by atoms with Gasteiger partial charge < -0.3 is 9.40 Å². The first-order chi connectivity index (χ1) is 11.5. The van der Waals surface area contributed by atoms with Crippen LogP contribution in [0, 0.1) is 10.1 Å². The Kier molecular flexibility index (Phi) is 4.21. The number of rotatable bonds is 4. The maximum Gasteiger partial charge on any atom is 0.269 e. The van der Waals surface area contributed by atoms with E-state index >= 15 is 0 Å². The van der Waals surface area contributed by atoms with Crippen LogP contribution in [0.25, 0.3) is 12.2 Å². The predicted octanol–water partition coefficient (Wildman–Crippen LogP) is 1.43. The lowest BCUT2D eigenvalue weighted by Gasteiger charge is -1.92. The number of carbonyl (C=O) groups is 1. The fraction of sp³-hybridized carbons (Fsp3) is 0. The summed E-state index contributed by atoms with van der Waals surface area (Å²) in [5.74, 6) is -0.162. The molecule has 0 radical (unpaired) electrons. The van der Waals surface area contributed by atoms with E-state index in [9.17, 15) is 19.7 Å². The fourth-order valence-corrected chi connectivity index (χ4v) is 2.86. The molecular formula is C16H10N2O5S. The molecule has 1 aromatic carbocycles. The van der Waals surface area contributed by atoms with Crippen LogP contribution in [0.5, 0.6) is 0 Å². The van der Waals surface area contributed by atoms with Gasteiger partial charge in [0.15, 0.2) is 5.76 Å². The molecule has 0 bridgehead atoms. The Morgan fingerprint density at radius 1 is 1.25 bits per heavy atom. The van der Waals surface area contributed by atoms with E-state index in [2.05, 4.69) is 4.98 Å². The number of nitrogens with zero attached hydrogens (tertiary/aromatic N) is 1. The Balaban J connectivity index is 1.95. The highest BCUT2D eigenvalue weighted by Gasteiger charge is 2.06. The lowest BCUT2D eigenvalue weighted by Crippen LogP contribution is -2.19. The highest BCUT2D eigenvalue weighted by Crippen LogP contribution is 2.12. The molecule has 0 atom stereocenters. The number of H-pyrrole nitrogens is 1. The molecule has 0 aliphatic heterocycles. The molecule has 0 aliphatic carbocycles. The molecule has 8 heteroatoms. The summed E-state index contributed by atoms with van der Waals surface area (Å²) in [7, 11) is 0. The number of nitro benzene ring substituents is 1. The molecule has 0 saturated heterocycles. The third-order valence-corrected chi connectivity index (χ3v) is 4.07. The number of carbonyl (C=O) groups excluding carboxylic acids is 1. The van der Waals surface area contributed by atoms with Gasteiger partial charge in [-0.15, -0.1) is 11.3 Å². The minimum atomic E-state index is -0.491. The molecule has 0 unspecified atom stereocenters. The number of non-ortho nitro benzene ring substituents is 1. The number of aromatic nitrogens is 1. The zero-order valence-corrected chi connectivity index (χ0v) is 12.9. The summed E-state index contributed by atoms with van der Waals surface area (Å²) in [6.07, 6.45) is 4.28. The largest absolute Gasteiger partial charge is 0.461 e. The molecule has 3 rings (SSSR count). The van der Waals surface area contributed by atoms with Gasteiger partial charge in [0.2, 0.25) is 5.78 Å². The summed E-state index contributed by atoms with van der Waals surface area (Å²) >= 11 is 1.11. The van der Waals surface area contributed by atoms with Crippen molar-refractivity contribution in [2.75, 3.05) is 0 Å². The first-order valence-electron chi connectivity index (χ1n) is 6.78. The van der Waals surface area contributed by atoms with Crippen LogP contribution in [0.3, 0.4) is 0 Å². The number of aromatic amines is 1. The lowest BCUT2D eigenvalue weighted by atomic mass is 10.2. The molecule has 0 amide bonds. The van der Waals surface area contributed by atoms with Crippen molar-refractivity contribution in [1.82, 2.24) is 4.98 Å². The van der Waals surface area contributed by atoms with Crippen molar-refractivity contribution in [2.24, 2.45) is 0 Å². The Morgan fingerprint density at radius 3 is 2.62 bits per heavy atom. The number of nitrogens with one attached hydrogen (secondary N) is 1. The van der Waals surface area contributed by atoms with Crippen molar-refractivity contribution < 1.29 is 14.1 Å². The van der Waals surface area contributed by atoms with Crippen molar-refractivity contribution >= 4 is 35.0 Å². The molecule has 2 aromatic heterocycles. The summed E-state index contributed by atoms with van der Waals surface area (Å²) in [5.41, 5.74) is 0.291. The molecular weight excluding hydrogens is 332 g/mol. The molecule has 2 heterocycles. The molecule has 0 saturated carbocycles. The van der Waals surface area contributed by atoms with Crippen LogP contribution in [0.1, 0.15) is 16.1 Å². The van der Waals surface area contributed by atoms with Crippen LogP contribution < -0.4 is 14.8 Å². The topological polar surface area (TPSA) is 106 Å². The van der Waals surface area contributed by atoms with Crippen LogP contribution in [0.4, 0.5) is 5.69 Å². The second-order valence-corrected chi connectivity index (χ2v) is 5.85. The van der Waals surface area contributed by atoms with Crippen molar-refractivity contribution in [1.29, 1.82) is 0 Å². The normalized spacial score (nSPS) is 12.5. The highest BCUT2D eigenvalue weighted by atomic mass is 32.1. The first kappa shape index (κ1) is 15.6. The zero-order chi connectivity index (χ0) is 17.1. The van der Waals surface area contributed by atoms with Crippen LogP contribution in [-0.2, 0) is 0 Å². The molecule has 0 spiro atoms. The van der Waals surface area contributed by atoms with Gasteiger partial charge >= 0.3 is 0 Å².